The van der Waals surface area contributed by atoms with E-state index in [9.17, 15) is 19.7 Å². The zero-order chi connectivity index (χ0) is 19.1. The van der Waals surface area contributed by atoms with Crippen molar-refractivity contribution in [3.8, 4) is 12.1 Å². The third-order valence-electron chi connectivity index (χ3n) is 3.52. The maximum atomic E-state index is 12.7. The molecule has 0 saturated heterocycles. The van der Waals surface area contributed by atoms with Gasteiger partial charge in [-0.1, -0.05) is 18.2 Å². The van der Waals surface area contributed by atoms with Crippen molar-refractivity contribution >= 4 is 17.3 Å². The summed E-state index contributed by atoms with van der Waals surface area (Å²) < 4.78 is 0.835. The van der Waals surface area contributed by atoms with Gasteiger partial charge in [0.05, 0.1) is 23.6 Å². The monoisotopic (exact) mass is 351 g/mol. The fraction of sp³-hybridized carbons (Fsp3) is 0.176. The molecule has 1 amide bonds. The number of anilines is 1. The normalized spacial score (nSPS) is 9.77. The van der Waals surface area contributed by atoms with Crippen LogP contribution in [0.1, 0.15) is 12.0 Å². The molecule has 0 bridgehead atoms. The lowest BCUT2D eigenvalue weighted by atomic mass is 10.2. The lowest BCUT2D eigenvalue weighted by molar-refractivity contribution is -0.385. The van der Waals surface area contributed by atoms with Gasteiger partial charge < -0.3 is 4.90 Å². The highest BCUT2D eigenvalue weighted by Crippen LogP contribution is 2.15. The van der Waals surface area contributed by atoms with E-state index in [-0.39, 0.29) is 13.0 Å². The molecule has 0 saturated carbocycles. The Balaban J connectivity index is 2.39. The summed E-state index contributed by atoms with van der Waals surface area (Å²) in [6, 6.07) is 13.0. The van der Waals surface area contributed by atoms with E-state index in [0.717, 1.165) is 16.8 Å². The van der Waals surface area contributed by atoms with E-state index in [1.807, 2.05) is 6.07 Å². The first-order chi connectivity index (χ1) is 12.5. The summed E-state index contributed by atoms with van der Waals surface area (Å²) in [5, 5.41) is 28.7. The number of hydrogen-bond acceptors (Lipinski definition) is 6. The number of aromatic nitrogens is 1. The highest BCUT2D eigenvalue weighted by atomic mass is 16.6. The Morgan fingerprint density at radius 1 is 1.27 bits per heavy atom. The number of nitrogens with zero attached hydrogens (tertiary/aromatic N) is 5. The number of carbonyl (C=O) groups is 1. The number of hydrogen-bond donors (Lipinski definition) is 0. The van der Waals surface area contributed by atoms with Crippen LogP contribution in [0.5, 0.6) is 0 Å². The van der Waals surface area contributed by atoms with Gasteiger partial charge in [0, 0.05) is 18.3 Å². The smallest absolute Gasteiger partial charge is 0.287 e. The molecule has 2 rings (SSSR count). The molecule has 1 aromatic carbocycles. The second-order valence-corrected chi connectivity index (χ2v) is 5.20. The van der Waals surface area contributed by atoms with Crippen molar-refractivity contribution in [3.05, 3.63) is 68.6 Å². The highest BCUT2D eigenvalue weighted by molar-refractivity contribution is 5.93. The fourth-order valence-electron chi connectivity index (χ4n) is 2.32. The molecule has 1 aromatic heterocycles. The second-order valence-electron chi connectivity index (χ2n) is 5.20. The maximum absolute atomic E-state index is 12.7. The Kier molecular flexibility index (Phi) is 5.80. The van der Waals surface area contributed by atoms with Crippen LogP contribution in [-0.4, -0.2) is 21.9 Å². The molecule has 9 nitrogen and oxygen atoms in total. The van der Waals surface area contributed by atoms with Crippen molar-refractivity contribution in [2.24, 2.45) is 0 Å². The predicted molar refractivity (Wildman–Crippen MR) is 91.1 cm³/mol. The predicted octanol–water partition coefficient (Wildman–Crippen LogP) is 1.58. The SMILES string of the molecule is N#CCCN(C(=O)Cn1cc([N+](=O)[O-])cc(C#N)c1=O)c1ccccc1. The minimum Gasteiger partial charge on any atom is -0.310 e. The summed E-state index contributed by atoms with van der Waals surface area (Å²) in [6.45, 7) is -0.385. The number of benzene rings is 1. The first-order valence-electron chi connectivity index (χ1n) is 7.49. The van der Waals surface area contributed by atoms with E-state index >= 15 is 0 Å². The summed E-state index contributed by atoms with van der Waals surface area (Å²) in [4.78, 5) is 36.4. The Bertz CT molecular complexity index is 969. The van der Waals surface area contributed by atoms with Crippen LogP contribution in [0, 0.1) is 32.8 Å². The molecule has 0 radical (unpaired) electrons. The molecule has 0 aliphatic rings. The molecule has 0 aliphatic heterocycles. The van der Waals surface area contributed by atoms with Gasteiger partial charge in [0.1, 0.15) is 18.2 Å². The first kappa shape index (κ1) is 18.4. The van der Waals surface area contributed by atoms with Gasteiger partial charge >= 0.3 is 0 Å². The molecular weight excluding hydrogens is 338 g/mol. The topological polar surface area (TPSA) is 133 Å². The van der Waals surface area contributed by atoms with E-state index < -0.39 is 34.2 Å². The van der Waals surface area contributed by atoms with Gasteiger partial charge in [-0.3, -0.25) is 24.3 Å². The van der Waals surface area contributed by atoms with Gasteiger partial charge in [-0.25, -0.2) is 0 Å². The van der Waals surface area contributed by atoms with Crippen molar-refractivity contribution in [2.75, 3.05) is 11.4 Å². The Labute approximate surface area is 148 Å². The van der Waals surface area contributed by atoms with E-state index in [0.29, 0.717) is 5.69 Å². The molecule has 9 heteroatoms. The number of para-hydroxylation sites is 1. The van der Waals surface area contributed by atoms with Crippen molar-refractivity contribution in [2.45, 2.75) is 13.0 Å². The fourth-order valence-corrected chi connectivity index (χ4v) is 2.32. The largest absolute Gasteiger partial charge is 0.310 e. The van der Waals surface area contributed by atoms with Crippen molar-refractivity contribution in [1.29, 1.82) is 10.5 Å². The Hall–Kier alpha value is -3.98. The molecule has 0 aliphatic carbocycles. The first-order valence-corrected chi connectivity index (χ1v) is 7.49. The average molecular weight is 351 g/mol. The number of carbonyl (C=O) groups excluding carboxylic acids is 1. The van der Waals surface area contributed by atoms with E-state index in [4.69, 9.17) is 10.5 Å². The number of nitriles is 2. The molecule has 2 aromatic rings. The van der Waals surface area contributed by atoms with Crippen molar-refractivity contribution < 1.29 is 9.72 Å². The van der Waals surface area contributed by atoms with E-state index in [2.05, 4.69) is 0 Å². The summed E-state index contributed by atoms with van der Waals surface area (Å²) in [7, 11) is 0. The van der Waals surface area contributed by atoms with Gasteiger partial charge in [-0.2, -0.15) is 10.5 Å². The molecule has 0 atom stereocenters. The average Bonchev–Trinajstić information content (AvgIpc) is 2.64. The quantitative estimate of drug-likeness (QED) is 0.573. The summed E-state index contributed by atoms with van der Waals surface area (Å²) >= 11 is 0. The van der Waals surface area contributed by atoms with Crippen LogP contribution in [0.3, 0.4) is 0 Å². The second kappa shape index (κ2) is 8.22. The standard InChI is InChI=1S/C17H13N5O4/c18-7-4-8-21(14-5-2-1-3-6-14)16(23)12-20-11-15(22(25)26)9-13(10-19)17(20)24/h1-3,5-6,9,11H,4,8,12H2. The highest BCUT2D eigenvalue weighted by Gasteiger charge is 2.19. The van der Waals surface area contributed by atoms with Crippen molar-refractivity contribution in [1.82, 2.24) is 4.57 Å². The summed E-state index contributed by atoms with van der Waals surface area (Å²) in [6.07, 6.45) is 1.00. The van der Waals surface area contributed by atoms with Crippen LogP contribution < -0.4 is 10.5 Å². The minimum atomic E-state index is -0.792. The number of nitro groups is 1. The van der Waals surface area contributed by atoms with Crippen LogP contribution >= 0.6 is 0 Å². The van der Waals surface area contributed by atoms with Gasteiger partial charge in [-0.15, -0.1) is 0 Å². The lowest BCUT2D eigenvalue weighted by Gasteiger charge is -2.22. The van der Waals surface area contributed by atoms with Gasteiger partial charge in [0.15, 0.2) is 0 Å². The Morgan fingerprint density at radius 3 is 2.54 bits per heavy atom. The van der Waals surface area contributed by atoms with Gasteiger partial charge in [0.2, 0.25) is 5.91 Å². The molecule has 0 spiro atoms. The lowest BCUT2D eigenvalue weighted by Crippen LogP contribution is -2.37. The van der Waals surface area contributed by atoms with Crippen molar-refractivity contribution in [3.63, 3.8) is 0 Å². The molecule has 0 fully saturated rings. The number of rotatable bonds is 6. The number of pyridine rings is 1. The van der Waals surface area contributed by atoms with Crippen LogP contribution in [0.15, 0.2) is 47.4 Å². The molecule has 0 N–H and O–H groups in total. The molecule has 130 valence electrons. The van der Waals surface area contributed by atoms with Crippen LogP contribution in [0.2, 0.25) is 0 Å². The molecular formula is C17H13N5O4. The summed E-state index contributed by atoms with van der Waals surface area (Å²) in [5.41, 5.74) is -1.14. The van der Waals surface area contributed by atoms with E-state index in [1.165, 1.54) is 4.90 Å². The minimum absolute atomic E-state index is 0.0773. The molecule has 26 heavy (non-hydrogen) atoms. The zero-order valence-corrected chi connectivity index (χ0v) is 13.5. The molecule has 1 heterocycles. The number of amides is 1. The maximum Gasteiger partial charge on any atom is 0.287 e. The van der Waals surface area contributed by atoms with Gasteiger partial charge in [0.25, 0.3) is 11.2 Å². The third-order valence-corrected chi connectivity index (χ3v) is 3.52. The zero-order valence-electron chi connectivity index (χ0n) is 13.5. The Morgan fingerprint density at radius 2 is 1.96 bits per heavy atom. The van der Waals surface area contributed by atoms with Crippen LogP contribution in [0.25, 0.3) is 0 Å². The third kappa shape index (κ3) is 4.10. The molecule has 0 unspecified atom stereocenters. The van der Waals surface area contributed by atoms with E-state index in [1.54, 1.807) is 36.4 Å². The van der Waals surface area contributed by atoms with Crippen LogP contribution in [-0.2, 0) is 11.3 Å². The van der Waals surface area contributed by atoms with Crippen LogP contribution in [0.4, 0.5) is 11.4 Å². The summed E-state index contributed by atoms with van der Waals surface area (Å²) in [5.74, 6) is -0.530. The van der Waals surface area contributed by atoms with Gasteiger partial charge in [-0.05, 0) is 12.1 Å².